The standard InChI is InChI=1S/C17H24N2O2/c1-13(2)9-17(21)18-10-16(20)12-19-8-7-14-5-3-4-6-15(14)11-19/h3-6,9,16,20H,7-8,10-12H2,1-2H3,(H,18,21). The molecule has 1 amide bonds. The molecule has 0 saturated heterocycles. The SMILES string of the molecule is CC(C)=CC(=O)NCC(O)CN1CCc2ccccc2C1. The van der Waals surface area contributed by atoms with Crippen LogP contribution < -0.4 is 5.32 Å². The minimum Gasteiger partial charge on any atom is -0.390 e. The summed E-state index contributed by atoms with van der Waals surface area (Å²) in [5.41, 5.74) is 3.69. The Balaban J connectivity index is 1.78. The van der Waals surface area contributed by atoms with Gasteiger partial charge in [-0.1, -0.05) is 29.8 Å². The van der Waals surface area contributed by atoms with Crippen LogP contribution in [0.3, 0.4) is 0 Å². The van der Waals surface area contributed by atoms with Crippen LogP contribution in [0.15, 0.2) is 35.9 Å². The number of aliphatic hydroxyl groups is 1. The van der Waals surface area contributed by atoms with Crippen molar-refractivity contribution in [3.63, 3.8) is 0 Å². The molecule has 1 aliphatic rings. The summed E-state index contributed by atoms with van der Waals surface area (Å²) in [4.78, 5) is 13.7. The number of hydrogen-bond acceptors (Lipinski definition) is 3. The van der Waals surface area contributed by atoms with Crippen molar-refractivity contribution in [3.05, 3.63) is 47.0 Å². The maximum absolute atomic E-state index is 11.5. The van der Waals surface area contributed by atoms with Gasteiger partial charge >= 0.3 is 0 Å². The van der Waals surface area contributed by atoms with Crippen molar-refractivity contribution in [2.24, 2.45) is 0 Å². The maximum atomic E-state index is 11.5. The summed E-state index contributed by atoms with van der Waals surface area (Å²) in [5, 5.41) is 12.8. The van der Waals surface area contributed by atoms with Gasteiger partial charge in [-0.05, 0) is 31.4 Å². The molecule has 4 heteroatoms. The molecular formula is C17H24N2O2. The van der Waals surface area contributed by atoms with E-state index < -0.39 is 6.10 Å². The van der Waals surface area contributed by atoms with E-state index in [-0.39, 0.29) is 5.91 Å². The first-order valence-corrected chi connectivity index (χ1v) is 7.44. The first kappa shape index (κ1) is 15.7. The third-order valence-electron chi connectivity index (χ3n) is 3.61. The summed E-state index contributed by atoms with van der Waals surface area (Å²) < 4.78 is 0. The third kappa shape index (κ3) is 4.99. The number of hydrogen-bond donors (Lipinski definition) is 2. The number of allylic oxidation sites excluding steroid dienone is 1. The number of nitrogens with one attached hydrogen (secondary N) is 1. The number of amides is 1. The molecule has 4 nitrogen and oxygen atoms in total. The van der Waals surface area contributed by atoms with Gasteiger partial charge in [0.2, 0.25) is 5.91 Å². The lowest BCUT2D eigenvalue weighted by atomic mass is 10.00. The summed E-state index contributed by atoms with van der Waals surface area (Å²) in [5.74, 6) is -0.141. The molecule has 0 aliphatic carbocycles. The van der Waals surface area contributed by atoms with Gasteiger partial charge in [-0.2, -0.15) is 0 Å². The van der Waals surface area contributed by atoms with E-state index >= 15 is 0 Å². The van der Waals surface area contributed by atoms with E-state index in [1.54, 1.807) is 6.08 Å². The van der Waals surface area contributed by atoms with Crippen LogP contribution in [0.5, 0.6) is 0 Å². The van der Waals surface area contributed by atoms with Crippen LogP contribution in [0.2, 0.25) is 0 Å². The number of aliphatic hydroxyl groups excluding tert-OH is 1. The van der Waals surface area contributed by atoms with Crippen LogP contribution in [0, 0.1) is 0 Å². The van der Waals surface area contributed by atoms with Gasteiger partial charge < -0.3 is 10.4 Å². The monoisotopic (exact) mass is 288 g/mol. The van der Waals surface area contributed by atoms with Crippen molar-refractivity contribution < 1.29 is 9.90 Å². The molecule has 0 saturated carbocycles. The fourth-order valence-corrected chi connectivity index (χ4v) is 2.60. The lowest BCUT2D eigenvalue weighted by molar-refractivity contribution is -0.117. The molecule has 0 spiro atoms. The number of β-amino-alcohol motifs (C(OH)–C–C–N with tert-alkyl or cyclic N) is 1. The minimum atomic E-state index is -0.537. The van der Waals surface area contributed by atoms with Crippen molar-refractivity contribution in [1.29, 1.82) is 0 Å². The number of nitrogens with zero attached hydrogens (tertiary/aromatic N) is 1. The molecule has 1 unspecified atom stereocenters. The molecular weight excluding hydrogens is 264 g/mol. The maximum Gasteiger partial charge on any atom is 0.244 e. The lowest BCUT2D eigenvalue weighted by Gasteiger charge is -2.30. The highest BCUT2D eigenvalue weighted by Gasteiger charge is 2.18. The van der Waals surface area contributed by atoms with Crippen LogP contribution in [-0.2, 0) is 17.8 Å². The highest BCUT2D eigenvalue weighted by atomic mass is 16.3. The molecule has 0 aromatic heterocycles. The normalized spacial score (nSPS) is 16.0. The fraction of sp³-hybridized carbons (Fsp3) is 0.471. The van der Waals surface area contributed by atoms with Crippen LogP contribution in [-0.4, -0.2) is 41.7 Å². The first-order chi connectivity index (χ1) is 10.0. The number of fused-ring (bicyclic) bond motifs is 1. The van der Waals surface area contributed by atoms with Gasteiger partial charge in [0.25, 0.3) is 0 Å². The summed E-state index contributed by atoms with van der Waals surface area (Å²) in [6, 6.07) is 8.44. The molecule has 1 aliphatic heterocycles. The van der Waals surface area contributed by atoms with Crippen molar-refractivity contribution >= 4 is 5.91 Å². The Labute approximate surface area is 126 Å². The van der Waals surface area contributed by atoms with E-state index in [0.29, 0.717) is 13.1 Å². The number of benzene rings is 1. The highest BCUT2D eigenvalue weighted by molar-refractivity contribution is 5.88. The van der Waals surface area contributed by atoms with E-state index in [1.807, 2.05) is 13.8 Å². The summed E-state index contributed by atoms with van der Waals surface area (Å²) >= 11 is 0. The smallest absolute Gasteiger partial charge is 0.244 e. The second-order valence-corrected chi connectivity index (χ2v) is 5.87. The molecule has 0 fully saturated rings. The second-order valence-electron chi connectivity index (χ2n) is 5.87. The van der Waals surface area contributed by atoms with Crippen molar-refractivity contribution in [3.8, 4) is 0 Å². The summed E-state index contributed by atoms with van der Waals surface area (Å²) in [7, 11) is 0. The van der Waals surface area contributed by atoms with Crippen molar-refractivity contribution in [2.45, 2.75) is 32.9 Å². The lowest BCUT2D eigenvalue weighted by Crippen LogP contribution is -2.41. The largest absolute Gasteiger partial charge is 0.390 e. The molecule has 2 N–H and O–H groups in total. The van der Waals surface area contributed by atoms with Crippen LogP contribution in [0.25, 0.3) is 0 Å². The predicted molar refractivity (Wildman–Crippen MR) is 83.9 cm³/mol. The van der Waals surface area contributed by atoms with Gasteiger partial charge in [-0.25, -0.2) is 0 Å². The first-order valence-electron chi connectivity index (χ1n) is 7.44. The van der Waals surface area contributed by atoms with E-state index in [1.165, 1.54) is 11.1 Å². The van der Waals surface area contributed by atoms with E-state index in [4.69, 9.17) is 0 Å². The van der Waals surface area contributed by atoms with Crippen LogP contribution in [0.4, 0.5) is 0 Å². The number of carbonyl (C=O) groups excluding carboxylic acids is 1. The Kier molecular flexibility index (Phi) is 5.53. The molecule has 21 heavy (non-hydrogen) atoms. The molecule has 1 aromatic rings. The highest BCUT2D eigenvalue weighted by Crippen LogP contribution is 2.18. The van der Waals surface area contributed by atoms with E-state index in [0.717, 1.165) is 25.1 Å². The van der Waals surface area contributed by atoms with Gasteiger partial charge in [0.1, 0.15) is 0 Å². The quantitative estimate of drug-likeness (QED) is 0.807. The molecule has 1 aromatic carbocycles. The Morgan fingerprint density at radius 3 is 2.81 bits per heavy atom. The van der Waals surface area contributed by atoms with Crippen molar-refractivity contribution in [2.75, 3.05) is 19.6 Å². The van der Waals surface area contributed by atoms with Gasteiger partial charge in [0, 0.05) is 32.3 Å². The average molecular weight is 288 g/mol. The summed E-state index contributed by atoms with van der Waals surface area (Å²) in [6.07, 6.45) is 2.03. The van der Waals surface area contributed by atoms with E-state index in [2.05, 4.69) is 34.5 Å². The Morgan fingerprint density at radius 2 is 2.10 bits per heavy atom. The average Bonchev–Trinajstić information content (AvgIpc) is 2.44. The molecule has 1 atom stereocenters. The molecule has 1 heterocycles. The van der Waals surface area contributed by atoms with Crippen molar-refractivity contribution in [1.82, 2.24) is 10.2 Å². The van der Waals surface area contributed by atoms with Gasteiger partial charge in [0.15, 0.2) is 0 Å². The molecule has 2 rings (SSSR count). The fourth-order valence-electron chi connectivity index (χ4n) is 2.60. The van der Waals surface area contributed by atoms with Crippen LogP contribution in [0.1, 0.15) is 25.0 Å². The zero-order valence-corrected chi connectivity index (χ0v) is 12.8. The third-order valence-corrected chi connectivity index (χ3v) is 3.61. The Hall–Kier alpha value is -1.65. The van der Waals surface area contributed by atoms with E-state index in [9.17, 15) is 9.90 Å². The Bertz CT molecular complexity index is 521. The predicted octanol–water partition coefficient (Wildman–Crippen LogP) is 1.49. The number of rotatable bonds is 5. The van der Waals surface area contributed by atoms with Crippen LogP contribution >= 0.6 is 0 Å². The molecule has 0 radical (unpaired) electrons. The van der Waals surface area contributed by atoms with Gasteiger partial charge in [-0.15, -0.1) is 0 Å². The zero-order valence-electron chi connectivity index (χ0n) is 12.8. The zero-order chi connectivity index (χ0) is 15.2. The minimum absolute atomic E-state index is 0.141. The number of carbonyl (C=O) groups is 1. The second kappa shape index (κ2) is 7.38. The topological polar surface area (TPSA) is 52.6 Å². The Morgan fingerprint density at radius 1 is 1.38 bits per heavy atom. The molecule has 0 bridgehead atoms. The summed E-state index contributed by atoms with van der Waals surface area (Å²) in [6.45, 7) is 6.46. The molecule has 114 valence electrons. The van der Waals surface area contributed by atoms with Gasteiger partial charge in [-0.3, -0.25) is 9.69 Å². The van der Waals surface area contributed by atoms with Gasteiger partial charge in [0.05, 0.1) is 6.10 Å².